The zero-order valence-corrected chi connectivity index (χ0v) is 33.8. The van der Waals surface area contributed by atoms with Crippen molar-refractivity contribution in [2.45, 2.75) is 22.9 Å². The summed E-state index contributed by atoms with van der Waals surface area (Å²) in [6.45, 7) is 1.54. The van der Waals surface area contributed by atoms with Crippen molar-refractivity contribution in [3.63, 3.8) is 0 Å². The predicted octanol–water partition coefficient (Wildman–Crippen LogP) is -5.25. The van der Waals surface area contributed by atoms with Crippen LogP contribution < -0.4 is 113 Å². The first kappa shape index (κ1) is 42.9. The largest absolute Gasteiger partial charge is 1.00 e. The second kappa shape index (κ2) is 18.3. The molecule has 4 rings (SSSR count). The van der Waals surface area contributed by atoms with Crippen LogP contribution in [0.3, 0.4) is 0 Å². The van der Waals surface area contributed by atoms with Gasteiger partial charge in [0.05, 0.1) is 33.3 Å². The Labute approximate surface area is 364 Å². The molecule has 2 aromatic carbocycles. The summed E-state index contributed by atoms with van der Waals surface area (Å²) in [6, 6.07) is 8.73. The van der Waals surface area contributed by atoms with Gasteiger partial charge in [-0.3, -0.25) is 14.7 Å². The number of nitrogens with zero attached hydrogens (tertiary/aromatic N) is 3. The van der Waals surface area contributed by atoms with E-state index in [0.717, 1.165) is 34.0 Å². The number of ether oxygens (including phenoxy) is 1. The molecule has 244 valence electrons. The molecule has 1 atom stereocenters. The number of Topliss-reactive ketones (excluding diaryl/α,β-unsaturated/α-hetero) is 1. The molecule has 49 heavy (non-hydrogen) atoms. The van der Waals surface area contributed by atoms with Crippen LogP contribution in [0, 0.1) is 12.0 Å². The summed E-state index contributed by atoms with van der Waals surface area (Å²) in [5.74, 6) is 0.0601. The van der Waals surface area contributed by atoms with Gasteiger partial charge in [-0.15, -0.1) is 0 Å². The van der Waals surface area contributed by atoms with Gasteiger partial charge in [0, 0.05) is 11.5 Å². The molecule has 0 radical (unpaired) electrons. The number of allylic oxidation sites excluding steroid dienone is 4. The molecule has 3 aromatic rings. The average molecular weight is 761 g/mol. The standard InChI is InChI=1S/C29H24N4O12S2.2K/c1-2-45-29(38)26-23(28(37)33(31-26)19-10-14-21(15-11-19)47(42,43)44)7-5-3-4-6-22-25(24(35)16-17-34)30-32(27(22)36)18-8-12-20(13-9-18)46(39,40)41;;/h3-15,27,31,34,36H,2H2,1H3,(H,39,40,41)(H,42,43,44);;/q;2*+1/p-2. The van der Waals surface area contributed by atoms with Crippen LogP contribution >= 0.6 is 0 Å². The Morgan fingerprint density at radius 1 is 0.959 bits per heavy atom. The van der Waals surface area contributed by atoms with Gasteiger partial charge >= 0.3 is 109 Å². The predicted molar refractivity (Wildman–Crippen MR) is 162 cm³/mol. The van der Waals surface area contributed by atoms with E-state index in [4.69, 9.17) is 9.84 Å². The summed E-state index contributed by atoms with van der Waals surface area (Å²) >= 11 is 0. The van der Waals surface area contributed by atoms with Crippen molar-refractivity contribution in [3.8, 4) is 17.7 Å². The maximum absolute atomic E-state index is 13.2. The molecule has 0 amide bonds. The van der Waals surface area contributed by atoms with E-state index in [0.29, 0.717) is 0 Å². The normalized spacial score (nSPS) is 15.3. The molecule has 1 aliphatic rings. The fourth-order valence-electron chi connectivity index (χ4n) is 4.17. The Kier molecular flexibility index (Phi) is 16.0. The number of carbonyl (C=O) groups is 2. The minimum Gasteiger partial charge on any atom is -0.744 e. The van der Waals surface area contributed by atoms with Gasteiger partial charge in [0.15, 0.2) is 11.9 Å². The second-order valence-corrected chi connectivity index (χ2v) is 12.0. The van der Waals surface area contributed by atoms with Crippen molar-refractivity contribution in [1.82, 2.24) is 9.78 Å². The van der Waals surface area contributed by atoms with E-state index in [2.05, 4.69) is 10.2 Å². The molecule has 0 spiro atoms. The van der Waals surface area contributed by atoms with Crippen LogP contribution in [-0.2, 0) is 29.8 Å². The number of esters is 1. The third-order valence-corrected chi connectivity index (χ3v) is 8.01. The van der Waals surface area contributed by atoms with E-state index >= 15 is 0 Å². The summed E-state index contributed by atoms with van der Waals surface area (Å²) in [7, 11) is -9.48. The molecule has 20 heteroatoms. The first-order chi connectivity index (χ1) is 22.2. The quantitative estimate of drug-likeness (QED) is 0.0575. The van der Waals surface area contributed by atoms with Crippen molar-refractivity contribution in [3.05, 3.63) is 100 Å². The van der Waals surface area contributed by atoms with Crippen LogP contribution in [0.1, 0.15) is 23.0 Å². The van der Waals surface area contributed by atoms with E-state index in [-0.39, 0.29) is 143 Å². The zero-order valence-electron chi connectivity index (χ0n) is 25.9. The monoisotopic (exact) mass is 760 g/mol. The van der Waals surface area contributed by atoms with E-state index in [1.54, 1.807) is 6.92 Å². The van der Waals surface area contributed by atoms with Gasteiger partial charge in [0.2, 0.25) is 0 Å². The number of ketones is 1. The molecule has 0 saturated carbocycles. The minimum atomic E-state index is -4.74. The van der Waals surface area contributed by atoms with E-state index in [1.165, 1.54) is 60.8 Å². The van der Waals surface area contributed by atoms with Gasteiger partial charge in [0.25, 0.3) is 11.3 Å². The van der Waals surface area contributed by atoms with Crippen LogP contribution in [0.2, 0.25) is 0 Å². The van der Waals surface area contributed by atoms with Crippen LogP contribution in [-0.4, -0.2) is 76.2 Å². The van der Waals surface area contributed by atoms with Gasteiger partial charge in [-0.1, -0.05) is 24.3 Å². The minimum absolute atomic E-state index is 0. The van der Waals surface area contributed by atoms with Crippen LogP contribution in [0.25, 0.3) is 11.8 Å². The second-order valence-electron chi connectivity index (χ2n) is 9.26. The number of aromatic amines is 1. The molecular formula is C29H22K2N4O12S2. The third-order valence-electron chi connectivity index (χ3n) is 6.32. The summed E-state index contributed by atoms with van der Waals surface area (Å²) in [5.41, 5.74) is -1.33. The molecule has 2 heterocycles. The number of hydrogen-bond acceptors (Lipinski definition) is 14. The third kappa shape index (κ3) is 10.4. The van der Waals surface area contributed by atoms with Crippen molar-refractivity contribution < 1.29 is 153 Å². The Balaban J connectivity index is 0.00000417. The van der Waals surface area contributed by atoms with Crippen LogP contribution in [0.4, 0.5) is 5.69 Å². The average Bonchev–Trinajstić information content (AvgIpc) is 3.52. The first-order valence-corrected chi connectivity index (χ1v) is 15.9. The fraction of sp³-hybridized carbons (Fsp3) is 0.103. The topological polar surface area (TPSA) is 252 Å². The molecule has 1 aromatic heterocycles. The van der Waals surface area contributed by atoms with E-state index in [1.807, 2.05) is 5.92 Å². The number of nitrogens with one attached hydrogen (secondary N) is 1. The maximum atomic E-state index is 13.2. The number of aliphatic hydroxyl groups excluding tert-OH is 2. The molecular weight excluding hydrogens is 739 g/mol. The molecule has 0 saturated heterocycles. The zero-order chi connectivity index (χ0) is 34.5. The number of aliphatic hydroxyl groups is 2. The van der Waals surface area contributed by atoms with Gasteiger partial charge in [-0.2, -0.15) is 5.10 Å². The molecule has 0 fully saturated rings. The number of carbonyl (C=O) groups excluding carboxylic acids is 2. The van der Waals surface area contributed by atoms with E-state index in [9.17, 15) is 45.4 Å². The van der Waals surface area contributed by atoms with E-state index < -0.39 is 53.6 Å². The first-order valence-electron chi connectivity index (χ1n) is 13.1. The molecule has 0 bridgehead atoms. The number of H-pyrrole nitrogens is 1. The van der Waals surface area contributed by atoms with Crippen molar-refractivity contribution in [1.29, 1.82) is 0 Å². The van der Waals surface area contributed by atoms with Gasteiger partial charge < -0.3 is 24.1 Å². The number of hydrogen-bond donors (Lipinski definition) is 3. The smallest absolute Gasteiger partial charge is 0.744 e. The summed E-state index contributed by atoms with van der Waals surface area (Å²) < 4.78 is 73.4. The van der Waals surface area contributed by atoms with Crippen molar-refractivity contribution in [2.24, 2.45) is 5.10 Å². The number of benzene rings is 2. The molecule has 16 nitrogen and oxygen atoms in total. The SMILES string of the molecule is CCOC(=O)c1[nH]n(-c2ccc(S(=O)(=O)[O-])cc2)c(=O)c1C=CC=CC=C1C(C(=O)C#CO)=NN(c2ccc(S(=O)(=O)[O-])cc2)C1O.[K+].[K+]. The molecule has 1 aliphatic heterocycles. The number of hydrazone groups is 1. The number of rotatable bonds is 10. The summed E-state index contributed by atoms with van der Waals surface area (Å²) in [6.07, 6.45) is 6.45. The fourth-order valence-corrected chi connectivity index (χ4v) is 5.11. The Bertz CT molecular complexity index is 2190. The molecule has 1 unspecified atom stereocenters. The van der Waals surface area contributed by atoms with Crippen LogP contribution in [0.5, 0.6) is 0 Å². The summed E-state index contributed by atoms with van der Waals surface area (Å²) in [5, 5.41) is 27.4. The molecule has 3 N–H and O–H groups in total. The molecule has 0 aliphatic carbocycles. The van der Waals surface area contributed by atoms with Gasteiger partial charge in [-0.05, 0) is 61.5 Å². The van der Waals surface area contributed by atoms with Crippen molar-refractivity contribution in [2.75, 3.05) is 11.6 Å². The Hall–Kier alpha value is -2.31. The van der Waals surface area contributed by atoms with Crippen molar-refractivity contribution >= 4 is 49.5 Å². The number of anilines is 1. The number of aromatic nitrogens is 2. The Morgan fingerprint density at radius 2 is 1.51 bits per heavy atom. The van der Waals surface area contributed by atoms with Crippen LogP contribution in [0.15, 0.2) is 98.1 Å². The van der Waals surface area contributed by atoms with Gasteiger partial charge in [-0.25, -0.2) is 31.3 Å². The van der Waals surface area contributed by atoms with Gasteiger partial charge in [0.1, 0.15) is 32.1 Å². The Morgan fingerprint density at radius 3 is 2.02 bits per heavy atom. The summed E-state index contributed by atoms with van der Waals surface area (Å²) in [4.78, 5) is 37.2. The maximum Gasteiger partial charge on any atom is 1.00 e.